The van der Waals surface area contributed by atoms with Gasteiger partial charge in [-0.25, -0.2) is 14.0 Å². The second-order valence-corrected chi connectivity index (χ2v) is 26.5. The third kappa shape index (κ3) is 11.6. The second kappa shape index (κ2) is 22.7. The number of fused-ring (bicyclic) bond motifs is 10. The van der Waals surface area contributed by atoms with Crippen LogP contribution in [0.2, 0.25) is 0 Å². The van der Waals surface area contributed by atoms with Gasteiger partial charge in [0.2, 0.25) is 0 Å². The molecule has 0 amide bonds. The van der Waals surface area contributed by atoms with Crippen molar-refractivity contribution in [2.24, 2.45) is 5.92 Å². The van der Waals surface area contributed by atoms with E-state index in [1.165, 1.54) is 6.08 Å². The molecule has 4 unspecified atom stereocenters. The highest BCUT2D eigenvalue weighted by atomic mass is 32.2. The van der Waals surface area contributed by atoms with E-state index in [0.717, 1.165) is 19.3 Å². The van der Waals surface area contributed by atoms with E-state index in [2.05, 4.69) is 44.8 Å². The van der Waals surface area contributed by atoms with Gasteiger partial charge in [0.15, 0.2) is 0 Å². The van der Waals surface area contributed by atoms with Crippen molar-refractivity contribution in [3.05, 3.63) is 49.1 Å². The first-order valence-electron chi connectivity index (χ1n) is 28.3. The Morgan fingerprint density at radius 1 is 0.772 bits per heavy atom. The highest BCUT2D eigenvalue weighted by Crippen LogP contribution is 2.54. The van der Waals surface area contributed by atoms with Crippen molar-refractivity contribution in [1.29, 1.82) is 0 Å². The monoisotopic (exact) mass is 1160 g/mol. The van der Waals surface area contributed by atoms with Gasteiger partial charge in [0.1, 0.15) is 47.0 Å². The van der Waals surface area contributed by atoms with Crippen molar-refractivity contribution >= 4 is 22.7 Å². The maximum absolute atomic E-state index is 12.3. The van der Waals surface area contributed by atoms with Crippen LogP contribution in [0.15, 0.2) is 49.1 Å². The quantitative estimate of drug-likeness (QED) is 0.0453. The minimum Gasteiger partial charge on any atom is -0.748 e. The lowest BCUT2D eigenvalue weighted by Crippen LogP contribution is -2.74. The molecule has 11 heterocycles. The van der Waals surface area contributed by atoms with Crippen LogP contribution in [0, 0.1) is 5.92 Å². The molecule has 11 aliphatic rings. The van der Waals surface area contributed by atoms with E-state index in [1.807, 2.05) is 6.92 Å². The molecule has 22 nitrogen and oxygen atoms in total. The topological polar surface area (TPSA) is 279 Å². The summed E-state index contributed by atoms with van der Waals surface area (Å²) < 4.78 is 126. The first-order chi connectivity index (χ1) is 37.4. The number of ether oxygens (including phenoxy) is 11. The Hall–Kier alpha value is -1.54. The summed E-state index contributed by atoms with van der Waals surface area (Å²) in [6.07, 6.45) is 1.29. The molecule has 24 heteroatoms. The van der Waals surface area contributed by atoms with Crippen LogP contribution < -0.4 is 0 Å². The Morgan fingerprint density at radius 3 is 2.03 bits per heavy atom. The van der Waals surface area contributed by atoms with Crippen molar-refractivity contribution in [2.45, 2.75) is 281 Å². The van der Waals surface area contributed by atoms with E-state index in [-0.39, 0.29) is 86.4 Å². The number of hydrogen-bond acceptors (Lipinski definition) is 21. The minimum absolute atomic E-state index is 0.0689. The second-order valence-electron chi connectivity index (χ2n) is 25.3. The number of aliphatic hydroxyl groups is 3. The van der Waals surface area contributed by atoms with Crippen molar-refractivity contribution in [1.82, 2.24) is 0 Å². The molecule has 446 valence electrons. The Morgan fingerprint density at radius 2 is 1.35 bits per heavy atom. The van der Waals surface area contributed by atoms with E-state index in [0.29, 0.717) is 62.5 Å². The molecule has 11 saturated heterocycles. The zero-order valence-electron chi connectivity index (χ0n) is 46.0. The summed E-state index contributed by atoms with van der Waals surface area (Å²) in [7, 11) is 0. The summed E-state index contributed by atoms with van der Waals surface area (Å²) in [6, 6.07) is 0. The average molecular weight is 1160 g/mol. The summed E-state index contributed by atoms with van der Waals surface area (Å²) in [6.45, 7) is 23.4. The number of hydrogen-bond donors (Lipinski definition) is 3. The van der Waals surface area contributed by atoms with Gasteiger partial charge >= 0.3 is 11.4 Å². The van der Waals surface area contributed by atoms with E-state index < -0.39 is 118 Å². The molecular weight excluding hydrogens is 1080 g/mol. The van der Waals surface area contributed by atoms with Gasteiger partial charge in [-0.1, -0.05) is 42.6 Å². The van der Waals surface area contributed by atoms with Gasteiger partial charge in [-0.05, 0) is 83.8 Å². The largest absolute Gasteiger partial charge is 0.748 e. The Labute approximate surface area is 467 Å². The molecule has 0 aromatic heterocycles. The summed E-state index contributed by atoms with van der Waals surface area (Å²) in [5.74, 6) is 0.0689. The Bertz CT molecular complexity index is 2340. The van der Waals surface area contributed by atoms with Gasteiger partial charge in [-0.15, -0.1) is 15.1 Å². The molecule has 0 aromatic carbocycles. The van der Waals surface area contributed by atoms with Gasteiger partial charge in [0.05, 0.1) is 127 Å². The standard InChI is InChI=1S/C55H82O22S2/c1-10-30(56)27(2)11-14-51(5,58)50-29(4)19-39-38(70-50)25-46-55(9,73-39)49(57)48-42(69-46)23-41-47(71-48)28(3)12-15-53(7)44(68-41)26-43-54(8,75-53)16-13-31-32(67-43)20-34-33(64-31)21-35-36(65-34)22-40-37(66-35)24-45(74-77-79(61)62)52(6,72-40)17-18-63-76-78(59)60/h10-11,14,28,30-50,56-58H,1-2,4,12-13,15-26H2,3,5-9H3,(H,59,60)(H,61,62)/b14-11+/t28-,30?,31-,32+,33?,34-,35-,36+,37+,38+,39-,40-,41-,42+,43-,44+,45-,46-,47+,48+,49+,50-,51+,52+,53-,54+,55-/m0/s1. The van der Waals surface area contributed by atoms with Crippen molar-refractivity contribution < 1.29 is 103 Å². The van der Waals surface area contributed by atoms with Gasteiger partial charge in [-0.3, -0.25) is 0 Å². The number of aliphatic hydroxyl groups excluding tert-OH is 2. The molecule has 5 N–H and O–H groups in total. The van der Waals surface area contributed by atoms with Crippen LogP contribution in [0.5, 0.6) is 0 Å². The summed E-state index contributed by atoms with van der Waals surface area (Å²) in [5.41, 5.74) is -3.96. The third-order valence-electron chi connectivity index (χ3n) is 19.7. The molecule has 0 radical (unpaired) electrons. The lowest BCUT2D eigenvalue weighted by atomic mass is 9.73. The Kier molecular flexibility index (Phi) is 17.0. The molecule has 0 aromatic rings. The summed E-state index contributed by atoms with van der Waals surface area (Å²) in [4.78, 5) is 10.3. The fourth-order valence-corrected chi connectivity index (χ4v) is 15.5. The lowest BCUT2D eigenvalue weighted by Gasteiger charge is -2.61. The Balaban J connectivity index is 0.742. The molecule has 0 aliphatic carbocycles. The van der Waals surface area contributed by atoms with Crippen molar-refractivity contribution in [2.75, 3.05) is 6.61 Å². The fourth-order valence-electron chi connectivity index (χ4n) is 15.2. The van der Waals surface area contributed by atoms with Crippen LogP contribution in [0.3, 0.4) is 0 Å². The van der Waals surface area contributed by atoms with Crippen LogP contribution in [-0.2, 0) is 93.3 Å². The van der Waals surface area contributed by atoms with Gasteiger partial charge in [0.25, 0.3) is 0 Å². The first kappa shape index (κ1) is 59.2. The van der Waals surface area contributed by atoms with Crippen molar-refractivity contribution in [3.8, 4) is 0 Å². The maximum atomic E-state index is 12.3. The number of rotatable bonds is 13. The highest BCUT2D eigenvalue weighted by molar-refractivity contribution is 7.74. The molecular formula is C55H82O22S2. The average Bonchev–Trinajstić information content (AvgIpc) is 3.80. The molecule has 0 spiro atoms. The van der Waals surface area contributed by atoms with Crippen LogP contribution in [-0.4, -0.2) is 196 Å². The van der Waals surface area contributed by atoms with E-state index in [1.54, 1.807) is 26.0 Å². The van der Waals surface area contributed by atoms with E-state index >= 15 is 0 Å². The zero-order chi connectivity index (χ0) is 56.1. The normalized spacial score (nSPS) is 51.3. The zero-order valence-corrected chi connectivity index (χ0v) is 47.6. The van der Waals surface area contributed by atoms with Crippen LogP contribution >= 0.6 is 0 Å². The lowest BCUT2D eigenvalue weighted by molar-refractivity contribution is -0.369. The van der Waals surface area contributed by atoms with Crippen LogP contribution in [0.4, 0.5) is 0 Å². The SMILES string of the molecule is C=CC(O)C(=C)/C=C/[C@@](C)(O)[C@H]1O[C@@H]2C[C@@H]3O[C@@H]4C[C@@H]5O[C@@H]6C[C@@H]7O[C@@H]8C[C@@H]9O[C@@H]%10C[C@@H]%11O[C@](C)(CCOOS(=O)[O-])[C@@H](OOS(=O)[OH2+])C[C@H]%11O[C@H]%10CC9O[C@H]8CC[C@@]7(C)O[C@@]6(C)CC[C@H](C)[C@H]5O[C@H]4[C@@H](O)[C@@]3(C)O[C@H]2CC1=C. The summed E-state index contributed by atoms with van der Waals surface area (Å²) >= 11 is -5.35. The van der Waals surface area contributed by atoms with Gasteiger partial charge in [0, 0.05) is 51.4 Å². The molecule has 0 saturated carbocycles. The molecule has 29 atom stereocenters. The van der Waals surface area contributed by atoms with E-state index in [4.69, 9.17) is 70.8 Å². The van der Waals surface area contributed by atoms with E-state index in [9.17, 15) is 28.3 Å². The predicted octanol–water partition coefficient (Wildman–Crippen LogP) is 3.39. The maximum Gasteiger partial charge on any atom is 0.496 e. The first-order valence-corrected chi connectivity index (χ1v) is 30.4. The van der Waals surface area contributed by atoms with Crippen LogP contribution in [0.1, 0.15) is 125 Å². The summed E-state index contributed by atoms with van der Waals surface area (Å²) in [5, 5.41) is 34.2. The predicted molar refractivity (Wildman–Crippen MR) is 277 cm³/mol. The van der Waals surface area contributed by atoms with Gasteiger partial charge in [-0.2, -0.15) is 0 Å². The van der Waals surface area contributed by atoms with Crippen LogP contribution in [0.25, 0.3) is 0 Å². The van der Waals surface area contributed by atoms with Crippen molar-refractivity contribution in [3.63, 3.8) is 0 Å². The molecule has 11 aliphatic heterocycles. The smallest absolute Gasteiger partial charge is 0.496 e. The molecule has 79 heavy (non-hydrogen) atoms. The molecule has 0 bridgehead atoms. The third-order valence-corrected chi connectivity index (χ3v) is 20.1. The molecule has 11 rings (SSSR count). The molecule has 11 fully saturated rings. The highest BCUT2D eigenvalue weighted by Gasteiger charge is 2.65. The van der Waals surface area contributed by atoms with Gasteiger partial charge < -0.3 is 76.5 Å². The minimum atomic E-state index is -2.88. The fraction of sp³-hybridized carbons (Fsp3) is 0.855.